The van der Waals surface area contributed by atoms with E-state index in [1.807, 2.05) is 12.2 Å². The van der Waals surface area contributed by atoms with Gasteiger partial charge >= 0.3 is 0 Å². The molecule has 0 nitrogen and oxygen atoms in total. The maximum absolute atomic E-state index is 3.77. The van der Waals surface area contributed by atoms with Gasteiger partial charge in [0.25, 0.3) is 0 Å². The number of hydrogen-bond donors (Lipinski definition) is 0. The Hall–Kier alpha value is -1.30. The maximum Gasteiger partial charge on any atom is -0.0160 e. The van der Waals surface area contributed by atoms with Crippen LogP contribution in [-0.4, -0.2) is 0 Å². The summed E-state index contributed by atoms with van der Waals surface area (Å²) in [6.45, 7) is 27.7. The van der Waals surface area contributed by atoms with Crippen LogP contribution in [-0.2, 0) is 0 Å². The molecule has 0 radical (unpaired) electrons. The van der Waals surface area contributed by atoms with Crippen LogP contribution in [0.2, 0.25) is 0 Å². The molecule has 27 heavy (non-hydrogen) atoms. The van der Waals surface area contributed by atoms with Crippen LogP contribution < -0.4 is 0 Å². The summed E-state index contributed by atoms with van der Waals surface area (Å²) in [4.78, 5) is 0. The van der Waals surface area contributed by atoms with E-state index in [0.29, 0.717) is 5.92 Å². The Balaban J connectivity index is -0.000000535. The van der Waals surface area contributed by atoms with Crippen molar-refractivity contribution in [3.63, 3.8) is 0 Å². The van der Waals surface area contributed by atoms with E-state index < -0.39 is 0 Å². The van der Waals surface area contributed by atoms with Gasteiger partial charge < -0.3 is 0 Å². The summed E-state index contributed by atoms with van der Waals surface area (Å²) in [5.41, 5.74) is 4.29. The highest BCUT2D eigenvalue weighted by atomic mass is 14.2. The van der Waals surface area contributed by atoms with E-state index in [1.165, 1.54) is 61.7 Å². The highest BCUT2D eigenvalue weighted by Crippen LogP contribution is 2.30. The molecule has 0 aliphatic carbocycles. The van der Waals surface area contributed by atoms with Crippen LogP contribution in [0.1, 0.15) is 100 Å². The molecule has 158 valence electrons. The summed E-state index contributed by atoms with van der Waals surface area (Å²) in [6, 6.07) is 0. The lowest BCUT2D eigenvalue weighted by Crippen LogP contribution is -2.06. The van der Waals surface area contributed by atoms with Crippen molar-refractivity contribution in [2.24, 2.45) is 11.8 Å². The molecule has 0 bridgehead atoms. The zero-order valence-electron chi connectivity index (χ0n) is 20.0. The number of rotatable bonds is 11. The lowest BCUT2D eigenvalue weighted by atomic mass is 9.84. The Bertz CT molecular complexity index is 400. The van der Waals surface area contributed by atoms with Crippen LogP contribution in [0.25, 0.3) is 0 Å². The zero-order valence-corrected chi connectivity index (χ0v) is 20.0. The van der Waals surface area contributed by atoms with Gasteiger partial charge in [-0.3, -0.25) is 0 Å². The fraction of sp³-hybridized carbons (Fsp3) is 0.630. The molecule has 0 amide bonds. The normalized spacial score (nSPS) is 11.0. The van der Waals surface area contributed by atoms with Crippen LogP contribution in [0.4, 0.5) is 0 Å². The fourth-order valence-electron chi connectivity index (χ4n) is 3.35. The molecule has 0 aliphatic heterocycles. The summed E-state index contributed by atoms with van der Waals surface area (Å²) in [6.07, 6.45) is 17.5. The minimum absolute atomic E-state index is 0.698. The molecule has 0 aliphatic rings. The molecule has 0 fully saturated rings. The monoisotopic (exact) mass is 374 g/mol. The van der Waals surface area contributed by atoms with Gasteiger partial charge in [0.15, 0.2) is 0 Å². The first-order valence-electron chi connectivity index (χ1n) is 11.1. The molecule has 0 rings (SSSR count). The second kappa shape index (κ2) is 22.7. The smallest absolute Gasteiger partial charge is 0.0160 e. The third kappa shape index (κ3) is 15.5. The Morgan fingerprint density at radius 2 is 1.30 bits per heavy atom. The van der Waals surface area contributed by atoms with E-state index in [2.05, 4.69) is 87.3 Å². The molecule has 0 saturated carbocycles. The van der Waals surface area contributed by atoms with Crippen molar-refractivity contribution in [2.45, 2.75) is 100 Å². The van der Waals surface area contributed by atoms with Gasteiger partial charge in [0.1, 0.15) is 0 Å². The Labute approximate surface area is 173 Å². The third-order valence-corrected chi connectivity index (χ3v) is 5.01. The molecule has 0 spiro atoms. The summed E-state index contributed by atoms with van der Waals surface area (Å²) in [5.74, 6) is 1.68. The van der Waals surface area contributed by atoms with Gasteiger partial charge in [0.2, 0.25) is 0 Å². The molecule has 0 aromatic rings. The van der Waals surface area contributed by atoms with Crippen LogP contribution >= 0.6 is 0 Å². The van der Waals surface area contributed by atoms with E-state index in [1.54, 1.807) is 0 Å². The second-order valence-electron chi connectivity index (χ2n) is 7.12. The van der Waals surface area contributed by atoms with E-state index >= 15 is 0 Å². The molecule has 0 unspecified atom stereocenters. The Morgan fingerprint density at radius 3 is 1.52 bits per heavy atom. The van der Waals surface area contributed by atoms with Crippen molar-refractivity contribution in [3.8, 4) is 0 Å². The SMILES string of the molecule is C=C.C=C/C=C\C(=C(C)C)/C(=C\C)C(CCC)CCC.CCC(CC)CC. The Kier molecular flexibility index (Phi) is 25.6. The number of hydrogen-bond acceptors (Lipinski definition) is 0. The van der Waals surface area contributed by atoms with Gasteiger partial charge in [-0.2, -0.15) is 0 Å². The van der Waals surface area contributed by atoms with E-state index in [-0.39, 0.29) is 0 Å². The molecule has 0 N–H and O–H groups in total. The van der Waals surface area contributed by atoms with Gasteiger partial charge in [0, 0.05) is 0 Å². The van der Waals surface area contributed by atoms with Crippen LogP contribution in [0.15, 0.2) is 60.8 Å². The van der Waals surface area contributed by atoms with Gasteiger partial charge in [-0.1, -0.05) is 103 Å². The van der Waals surface area contributed by atoms with Crippen molar-refractivity contribution in [3.05, 3.63) is 60.8 Å². The minimum atomic E-state index is 0.698. The molecule has 0 aromatic carbocycles. The van der Waals surface area contributed by atoms with Crippen molar-refractivity contribution in [2.75, 3.05) is 0 Å². The van der Waals surface area contributed by atoms with Crippen LogP contribution in [0.5, 0.6) is 0 Å². The Morgan fingerprint density at radius 1 is 0.852 bits per heavy atom. The summed E-state index contributed by atoms with van der Waals surface area (Å²) in [5, 5.41) is 0. The highest BCUT2D eigenvalue weighted by Gasteiger charge is 2.15. The standard InChI is InChI=1S/C18H30.C7H16.C2H4/c1-7-11-14-18(15(5)6)17(10-4)16(12-8-2)13-9-3;1-4-7(5-2)6-3;1-2/h7,10-11,14,16H,1,8-9,12-13H2,2-6H3;7H,4-6H2,1-3H3;1-2H2/b14-11-,17-10-;;. The summed E-state index contributed by atoms with van der Waals surface area (Å²) >= 11 is 0. The topological polar surface area (TPSA) is 0 Å². The molecular formula is C27H50. The largest absolute Gasteiger partial charge is 0.106 e. The van der Waals surface area contributed by atoms with Gasteiger partial charge in [0.05, 0.1) is 0 Å². The van der Waals surface area contributed by atoms with Crippen LogP contribution in [0, 0.1) is 11.8 Å². The van der Waals surface area contributed by atoms with Gasteiger partial charge in [-0.05, 0) is 56.6 Å². The first-order chi connectivity index (χ1) is 13.0. The van der Waals surface area contributed by atoms with E-state index in [4.69, 9.17) is 0 Å². The van der Waals surface area contributed by atoms with Crippen molar-refractivity contribution < 1.29 is 0 Å². The molecule has 0 heteroatoms. The molecule has 0 atom stereocenters. The van der Waals surface area contributed by atoms with Gasteiger partial charge in [-0.25, -0.2) is 0 Å². The zero-order chi connectivity index (χ0) is 21.7. The third-order valence-electron chi connectivity index (χ3n) is 5.01. The lowest BCUT2D eigenvalue weighted by molar-refractivity contribution is 0.477. The van der Waals surface area contributed by atoms with Gasteiger partial charge in [-0.15, -0.1) is 13.2 Å². The molecular weight excluding hydrogens is 324 g/mol. The predicted octanol–water partition coefficient (Wildman–Crippen LogP) is 9.86. The molecule has 0 heterocycles. The highest BCUT2D eigenvalue weighted by molar-refractivity contribution is 5.44. The predicted molar refractivity (Wildman–Crippen MR) is 130 cm³/mol. The second-order valence-corrected chi connectivity index (χ2v) is 7.12. The van der Waals surface area contributed by atoms with E-state index in [9.17, 15) is 0 Å². The first kappa shape index (κ1) is 30.4. The minimum Gasteiger partial charge on any atom is -0.106 e. The first-order valence-corrected chi connectivity index (χ1v) is 11.1. The fourth-order valence-corrected chi connectivity index (χ4v) is 3.35. The molecule has 0 saturated heterocycles. The van der Waals surface area contributed by atoms with E-state index in [0.717, 1.165) is 5.92 Å². The number of allylic oxidation sites excluding steroid dienone is 7. The quantitative estimate of drug-likeness (QED) is 0.249. The lowest BCUT2D eigenvalue weighted by Gasteiger charge is -2.21. The van der Waals surface area contributed by atoms with Crippen molar-refractivity contribution >= 4 is 0 Å². The average Bonchev–Trinajstić information content (AvgIpc) is 2.68. The summed E-state index contributed by atoms with van der Waals surface area (Å²) in [7, 11) is 0. The van der Waals surface area contributed by atoms with Crippen molar-refractivity contribution in [1.29, 1.82) is 0 Å². The molecule has 0 aromatic heterocycles. The average molecular weight is 375 g/mol. The van der Waals surface area contributed by atoms with Crippen molar-refractivity contribution in [1.82, 2.24) is 0 Å². The van der Waals surface area contributed by atoms with Crippen LogP contribution in [0.3, 0.4) is 0 Å². The maximum atomic E-state index is 3.77. The summed E-state index contributed by atoms with van der Waals surface area (Å²) < 4.78 is 0.